The summed E-state index contributed by atoms with van der Waals surface area (Å²) in [7, 11) is 0. The summed E-state index contributed by atoms with van der Waals surface area (Å²) in [6.07, 6.45) is 0.0486. The summed E-state index contributed by atoms with van der Waals surface area (Å²) in [4.78, 5) is 23.8. The molecular weight excluding hydrogens is 296 g/mol. The highest BCUT2D eigenvalue weighted by Gasteiger charge is 2.12. The fourth-order valence-electron chi connectivity index (χ4n) is 1.88. The van der Waals surface area contributed by atoms with Crippen molar-refractivity contribution >= 4 is 11.8 Å². The van der Waals surface area contributed by atoms with Gasteiger partial charge in [0.05, 0.1) is 11.7 Å². The molecule has 120 valence electrons. The molecule has 2 amide bonds. The van der Waals surface area contributed by atoms with Crippen molar-refractivity contribution in [3.8, 4) is 11.5 Å². The Kier molecular flexibility index (Phi) is 5.19. The third-order valence-corrected chi connectivity index (χ3v) is 2.93. The normalized spacial score (nSPS) is 10.2. The highest BCUT2D eigenvalue weighted by Crippen LogP contribution is 2.15. The summed E-state index contributed by atoms with van der Waals surface area (Å²) in [6, 6.07) is 12.6. The van der Waals surface area contributed by atoms with Gasteiger partial charge >= 0.3 is 0 Å². The molecule has 23 heavy (non-hydrogen) atoms. The number of ether oxygens (including phenoxy) is 1. The fraction of sp³-hybridized carbons (Fsp3) is 0.176. The Morgan fingerprint density at radius 3 is 2.17 bits per heavy atom. The quantitative estimate of drug-likeness (QED) is 0.755. The van der Waals surface area contributed by atoms with E-state index in [1.165, 1.54) is 12.1 Å². The number of para-hydroxylation sites is 1. The van der Waals surface area contributed by atoms with Crippen LogP contribution in [0, 0.1) is 0 Å². The Bertz CT molecular complexity index is 696. The molecular formula is C17H18N2O4. The fourth-order valence-corrected chi connectivity index (χ4v) is 1.88. The maximum absolute atomic E-state index is 12.0. The van der Waals surface area contributed by atoms with Gasteiger partial charge in [-0.1, -0.05) is 12.1 Å². The van der Waals surface area contributed by atoms with Crippen LogP contribution >= 0.6 is 0 Å². The predicted octanol–water partition coefficient (Wildman–Crippen LogP) is 2.25. The summed E-state index contributed by atoms with van der Waals surface area (Å²) < 4.78 is 5.49. The van der Waals surface area contributed by atoms with Gasteiger partial charge < -0.3 is 9.84 Å². The molecule has 2 aromatic carbocycles. The summed E-state index contributed by atoms with van der Waals surface area (Å²) in [5.74, 6) is -0.565. The van der Waals surface area contributed by atoms with Gasteiger partial charge in [-0.15, -0.1) is 0 Å². The lowest BCUT2D eigenvalue weighted by Gasteiger charge is -2.11. The van der Waals surface area contributed by atoms with Crippen LogP contribution in [0.15, 0.2) is 48.5 Å². The van der Waals surface area contributed by atoms with Gasteiger partial charge in [0.15, 0.2) is 0 Å². The molecule has 0 atom stereocenters. The Hall–Kier alpha value is -3.02. The van der Waals surface area contributed by atoms with Crippen LogP contribution in [-0.2, 0) is 0 Å². The van der Waals surface area contributed by atoms with Crippen LogP contribution in [0.25, 0.3) is 0 Å². The molecule has 0 aromatic heterocycles. The maximum Gasteiger partial charge on any atom is 0.273 e. The number of carbonyl (C=O) groups excluding carboxylic acids is 2. The van der Waals surface area contributed by atoms with E-state index in [9.17, 15) is 14.7 Å². The minimum atomic E-state index is -0.601. The molecule has 0 saturated heterocycles. The zero-order valence-corrected chi connectivity index (χ0v) is 12.9. The van der Waals surface area contributed by atoms with E-state index in [4.69, 9.17) is 4.74 Å². The molecule has 0 aliphatic heterocycles. The molecule has 0 unspecified atom stereocenters. The number of rotatable bonds is 4. The minimum Gasteiger partial charge on any atom is -0.507 e. The summed E-state index contributed by atoms with van der Waals surface area (Å²) in [5, 5.41) is 9.58. The first-order valence-electron chi connectivity index (χ1n) is 7.13. The smallest absolute Gasteiger partial charge is 0.273 e. The molecule has 2 rings (SSSR count). The summed E-state index contributed by atoms with van der Waals surface area (Å²) in [5.41, 5.74) is 5.00. The van der Waals surface area contributed by atoms with Crippen LogP contribution in [0.3, 0.4) is 0 Å². The van der Waals surface area contributed by atoms with E-state index in [1.54, 1.807) is 36.4 Å². The molecule has 0 aliphatic carbocycles. The maximum atomic E-state index is 12.0. The van der Waals surface area contributed by atoms with E-state index in [0.29, 0.717) is 11.3 Å². The highest BCUT2D eigenvalue weighted by molar-refractivity contribution is 6.00. The van der Waals surface area contributed by atoms with Crippen LogP contribution in [-0.4, -0.2) is 23.0 Å². The van der Waals surface area contributed by atoms with E-state index in [2.05, 4.69) is 10.9 Å². The number of hydrogen-bond acceptors (Lipinski definition) is 4. The third kappa shape index (κ3) is 4.47. The van der Waals surface area contributed by atoms with E-state index in [1.807, 2.05) is 13.8 Å². The van der Waals surface area contributed by atoms with Crippen LogP contribution in [0.1, 0.15) is 34.6 Å². The molecule has 0 fully saturated rings. The Morgan fingerprint density at radius 1 is 0.957 bits per heavy atom. The van der Waals surface area contributed by atoms with Crippen molar-refractivity contribution < 1.29 is 19.4 Å². The van der Waals surface area contributed by atoms with Crippen molar-refractivity contribution in [1.29, 1.82) is 0 Å². The number of amides is 2. The zero-order valence-electron chi connectivity index (χ0n) is 12.9. The second kappa shape index (κ2) is 7.31. The number of benzene rings is 2. The van der Waals surface area contributed by atoms with Gasteiger partial charge in [0, 0.05) is 5.56 Å². The van der Waals surface area contributed by atoms with Crippen molar-refractivity contribution in [3.05, 3.63) is 59.7 Å². The second-order valence-corrected chi connectivity index (χ2v) is 5.12. The third-order valence-electron chi connectivity index (χ3n) is 2.93. The van der Waals surface area contributed by atoms with Crippen LogP contribution in [0.5, 0.6) is 11.5 Å². The van der Waals surface area contributed by atoms with Gasteiger partial charge in [0.1, 0.15) is 11.5 Å². The summed E-state index contributed by atoms with van der Waals surface area (Å²) in [6.45, 7) is 3.82. The summed E-state index contributed by atoms with van der Waals surface area (Å²) >= 11 is 0. The zero-order chi connectivity index (χ0) is 16.8. The second-order valence-electron chi connectivity index (χ2n) is 5.12. The first-order chi connectivity index (χ1) is 11.0. The largest absolute Gasteiger partial charge is 0.507 e. The highest BCUT2D eigenvalue weighted by atomic mass is 16.5. The van der Waals surface area contributed by atoms with Gasteiger partial charge in [0.2, 0.25) is 0 Å². The Labute approximate surface area is 134 Å². The number of nitrogens with one attached hydrogen (secondary N) is 2. The lowest BCUT2D eigenvalue weighted by Crippen LogP contribution is -2.41. The van der Waals surface area contributed by atoms with E-state index in [-0.39, 0.29) is 17.4 Å². The number of aromatic hydroxyl groups is 1. The van der Waals surface area contributed by atoms with Crippen molar-refractivity contribution in [3.63, 3.8) is 0 Å². The lowest BCUT2D eigenvalue weighted by molar-refractivity contribution is 0.0845. The van der Waals surface area contributed by atoms with Gasteiger partial charge in [-0.2, -0.15) is 0 Å². The molecule has 6 heteroatoms. The standard InChI is InChI=1S/C17H18N2O4/c1-11(2)23-13-9-7-12(8-10-13)16(21)18-19-17(22)14-5-3-4-6-15(14)20/h3-11,20H,1-2H3,(H,18,21)(H,19,22). The molecule has 0 bridgehead atoms. The van der Waals surface area contributed by atoms with Crippen LogP contribution in [0.4, 0.5) is 0 Å². The molecule has 0 radical (unpaired) electrons. The van der Waals surface area contributed by atoms with Crippen molar-refractivity contribution in [1.82, 2.24) is 10.9 Å². The minimum absolute atomic E-state index is 0.0486. The number of phenols is 1. The van der Waals surface area contributed by atoms with Crippen molar-refractivity contribution in [2.75, 3.05) is 0 Å². The monoisotopic (exact) mass is 314 g/mol. The Morgan fingerprint density at radius 2 is 1.57 bits per heavy atom. The average molecular weight is 314 g/mol. The van der Waals surface area contributed by atoms with E-state index >= 15 is 0 Å². The number of hydrogen-bond donors (Lipinski definition) is 3. The van der Waals surface area contributed by atoms with E-state index in [0.717, 1.165) is 0 Å². The van der Waals surface area contributed by atoms with Crippen LogP contribution in [0.2, 0.25) is 0 Å². The number of hydrazine groups is 1. The van der Waals surface area contributed by atoms with E-state index < -0.39 is 11.8 Å². The molecule has 2 aromatic rings. The molecule has 6 nitrogen and oxygen atoms in total. The van der Waals surface area contributed by atoms with Gasteiger partial charge in [0.25, 0.3) is 11.8 Å². The SMILES string of the molecule is CC(C)Oc1ccc(C(=O)NNC(=O)c2ccccc2O)cc1. The molecule has 0 saturated carbocycles. The average Bonchev–Trinajstić information content (AvgIpc) is 2.53. The molecule has 0 aliphatic rings. The van der Waals surface area contributed by atoms with Gasteiger partial charge in [-0.3, -0.25) is 20.4 Å². The Balaban J connectivity index is 1.94. The predicted molar refractivity (Wildman–Crippen MR) is 85.2 cm³/mol. The van der Waals surface area contributed by atoms with Crippen molar-refractivity contribution in [2.24, 2.45) is 0 Å². The molecule has 3 N–H and O–H groups in total. The first-order valence-corrected chi connectivity index (χ1v) is 7.13. The first kappa shape index (κ1) is 16.4. The topological polar surface area (TPSA) is 87.7 Å². The van der Waals surface area contributed by atoms with Crippen molar-refractivity contribution in [2.45, 2.75) is 20.0 Å². The number of carbonyl (C=O) groups is 2. The van der Waals surface area contributed by atoms with Gasteiger partial charge in [-0.05, 0) is 50.2 Å². The van der Waals surface area contributed by atoms with Gasteiger partial charge in [-0.25, -0.2) is 0 Å². The molecule has 0 spiro atoms. The molecule has 0 heterocycles. The lowest BCUT2D eigenvalue weighted by atomic mass is 10.2. The van der Waals surface area contributed by atoms with Crippen LogP contribution < -0.4 is 15.6 Å². The number of phenolic OH excluding ortho intramolecular Hbond substituents is 1.